The van der Waals surface area contributed by atoms with E-state index in [1.165, 1.54) is 0 Å². The van der Waals surface area contributed by atoms with Crippen molar-refractivity contribution in [3.63, 3.8) is 0 Å². The lowest BCUT2D eigenvalue weighted by molar-refractivity contribution is 0.458. The maximum Gasteiger partial charge on any atom is 0.197 e. The molecule has 3 nitrogen and oxygen atoms in total. The van der Waals surface area contributed by atoms with E-state index in [2.05, 4.69) is 25.9 Å². The van der Waals surface area contributed by atoms with Crippen LogP contribution in [0.2, 0.25) is 0 Å². The Bertz CT molecular complexity index is 239. The zero-order chi connectivity index (χ0) is 7.72. The molecule has 0 saturated heterocycles. The number of hydrogen-bond acceptors (Lipinski definition) is 3. The Kier molecular flexibility index (Phi) is 1.89. The van der Waals surface area contributed by atoms with Gasteiger partial charge in [-0.2, -0.15) is 0 Å². The summed E-state index contributed by atoms with van der Waals surface area (Å²) in [6, 6.07) is 0. The molecule has 0 aliphatic carbocycles. The van der Waals surface area contributed by atoms with Crippen molar-refractivity contribution in [1.82, 2.24) is 9.97 Å². The molecule has 0 spiro atoms. The lowest BCUT2D eigenvalue weighted by Crippen LogP contribution is -1.91. The molecule has 1 N–H and O–H groups in total. The Morgan fingerprint density at radius 2 is 1.60 bits per heavy atom. The van der Waals surface area contributed by atoms with Crippen molar-refractivity contribution < 1.29 is 5.11 Å². The van der Waals surface area contributed by atoms with Gasteiger partial charge in [0.2, 0.25) is 0 Å². The monoisotopic (exact) mass is 202 g/mol. The van der Waals surface area contributed by atoms with Crippen LogP contribution in [0.25, 0.3) is 0 Å². The lowest BCUT2D eigenvalue weighted by Gasteiger charge is -2.00. The zero-order valence-electron chi connectivity index (χ0n) is 5.72. The first kappa shape index (κ1) is 7.47. The van der Waals surface area contributed by atoms with Crippen LogP contribution in [0.1, 0.15) is 11.4 Å². The molecule has 0 atom stereocenters. The summed E-state index contributed by atoms with van der Waals surface area (Å²) in [6.07, 6.45) is 0. The van der Waals surface area contributed by atoms with Crippen LogP contribution in [-0.2, 0) is 0 Å². The maximum absolute atomic E-state index is 9.18. The van der Waals surface area contributed by atoms with Crippen molar-refractivity contribution in [2.45, 2.75) is 13.8 Å². The fraction of sp³-hybridized carbons (Fsp3) is 0.333. The van der Waals surface area contributed by atoms with Gasteiger partial charge in [-0.3, -0.25) is 0 Å². The van der Waals surface area contributed by atoms with E-state index in [1.807, 2.05) is 0 Å². The van der Waals surface area contributed by atoms with Crippen LogP contribution >= 0.6 is 15.9 Å². The van der Waals surface area contributed by atoms with Crippen molar-refractivity contribution >= 4 is 15.9 Å². The summed E-state index contributed by atoms with van der Waals surface area (Å²) in [6.45, 7) is 3.46. The highest BCUT2D eigenvalue weighted by molar-refractivity contribution is 9.10. The number of halogens is 1. The summed E-state index contributed by atoms with van der Waals surface area (Å²) >= 11 is 3.11. The van der Waals surface area contributed by atoms with E-state index >= 15 is 0 Å². The van der Waals surface area contributed by atoms with E-state index in [1.54, 1.807) is 13.8 Å². The van der Waals surface area contributed by atoms with Gasteiger partial charge in [0.05, 0.1) is 11.4 Å². The minimum Gasteiger partial charge on any atom is -0.504 e. The van der Waals surface area contributed by atoms with Crippen LogP contribution in [-0.4, -0.2) is 15.1 Å². The van der Waals surface area contributed by atoms with Crippen molar-refractivity contribution in [1.29, 1.82) is 0 Å². The van der Waals surface area contributed by atoms with Crippen LogP contribution in [0.4, 0.5) is 0 Å². The molecule has 4 heteroatoms. The number of rotatable bonds is 0. The smallest absolute Gasteiger partial charge is 0.197 e. The van der Waals surface area contributed by atoms with E-state index in [4.69, 9.17) is 0 Å². The highest BCUT2D eigenvalue weighted by Crippen LogP contribution is 2.18. The standard InChI is InChI=1S/C6H7BrN2O/c1-3-5(10)4(2)9-6(7)8-3/h10H,1-2H3. The van der Waals surface area contributed by atoms with Crippen LogP contribution in [0.15, 0.2) is 4.73 Å². The Morgan fingerprint density at radius 1 is 1.20 bits per heavy atom. The third-order valence-electron chi connectivity index (χ3n) is 1.21. The van der Waals surface area contributed by atoms with Crippen molar-refractivity contribution in [3.8, 4) is 5.75 Å². The Balaban J connectivity index is 3.31. The third-order valence-corrected chi connectivity index (χ3v) is 1.56. The SMILES string of the molecule is Cc1nc(Br)nc(C)c1O. The van der Waals surface area contributed by atoms with Crippen LogP contribution in [0.3, 0.4) is 0 Å². The first-order valence-electron chi connectivity index (χ1n) is 2.81. The zero-order valence-corrected chi connectivity index (χ0v) is 7.31. The van der Waals surface area contributed by atoms with E-state index < -0.39 is 0 Å². The van der Waals surface area contributed by atoms with Crippen molar-refractivity contribution in [2.24, 2.45) is 0 Å². The Morgan fingerprint density at radius 3 is 2.00 bits per heavy atom. The fourth-order valence-electron chi connectivity index (χ4n) is 0.669. The van der Waals surface area contributed by atoms with Gasteiger partial charge in [0.25, 0.3) is 0 Å². The predicted molar refractivity (Wildman–Crippen MR) is 40.9 cm³/mol. The first-order valence-corrected chi connectivity index (χ1v) is 3.60. The van der Waals surface area contributed by atoms with Gasteiger partial charge in [0, 0.05) is 0 Å². The second-order valence-electron chi connectivity index (χ2n) is 2.01. The molecule has 1 heterocycles. The molecule has 0 unspecified atom stereocenters. The van der Waals surface area contributed by atoms with Crippen molar-refractivity contribution in [3.05, 3.63) is 16.1 Å². The van der Waals surface area contributed by atoms with Gasteiger partial charge in [-0.15, -0.1) is 0 Å². The minimum absolute atomic E-state index is 0.170. The summed E-state index contributed by atoms with van der Waals surface area (Å²) in [5.74, 6) is 0.170. The molecule has 10 heavy (non-hydrogen) atoms. The average molecular weight is 203 g/mol. The molecule has 1 aromatic rings. The Labute approximate surface area is 67.3 Å². The van der Waals surface area contributed by atoms with Crippen LogP contribution < -0.4 is 0 Å². The number of nitrogens with zero attached hydrogens (tertiary/aromatic N) is 2. The second-order valence-corrected chi connectivity index (χ2v) is 2.72. The van der Waals surface area contributed by atoms with E-state index in [0.29, 0.717) is 16.1 Å². The second kappa shape index (κ2) is 2.54. The molecule has 1 aromatic heterocycles. The van der Waals surface area contributed by atoms with Gasteiger partial charge in [0.15, 0.2) is 10.5 Å². The van der Waals surface area contributed by atoms with E-state index in [9.17, 15) is 5.11 Å². The van der Waals surface area contributed by atoms with E-state index in [0.717, 1.165) is 0 Å². The Hall–Kier alpha value is -0.640. The lowest BCUT2D eigenvalue weighted by atomic mass is 10.3. The maximum atomic E-state index is 9.18. The highest BCUT2D eigenvalue weighted by atomic mass is 79.9. The number of aromatic nitrogens is 2. The molecule has 0 aromatic carbocycles. The molecule has 54 valence electrons. The minimum atomic E-state index is 0.170. The van der Waals surface area contributed by atoms with Gasteiger partial charge in [-0.25, -0.2) is 9.97 Å². The number of hydrogen-bond donors (Lipinski definition) is 1. The first-order chi connectivity index (χ1) is 4.61. The predicted octanol–water partition coefficient (Wildman–Crippen LogP) is 1.56. The fourth-order valence-corrected chi connectivity index (χ4v) is 1.20. The molecule has 0 radical (unpaired) electrons. The molecule has 0 fully saturated rings. The van der Waals surface area contributed by atoms with E-state index in [-0.39, 0.29) is 5.75 Å². The van der Waals surface area contributed by atoms with Gasteiger partial charge in [-0.1, -0.05) is 0 Å². The molecule has 0 bridgehead atoms. The molecule has 0 saturated carbocycles. The van der Waals surface area contributed by atoms with Gasteiger partial charge in [0.1, 0.15) is 0 Å². The van der Waals surface area contributed by atoms with Gasteiger partial charge in [-0.05, 0) is 29.8 Å². The summed E-state index contributed by atoms with van der Waals surface area (Å²) in [5, 5.41) is 9.18. The van der Waals surface area contributed by atoms with Gasteiger partial charge >= 0.3 is 0 Å². The number of aromatic hydroxyl groups is 1. The summed E-state index contributed by atoms with van der Waals surface area (Å²) in [7, 11) is 0. The third kappa shape index (κ3) is 1.26. The van der Waals surface area contributed by atoms with Crippen molar-refractivity contribution in [2.75, 3.05) is 0 Å². The highest BCUT2D eigenvalue weighted by Gasteiger charge is 2.03. The topological polar surface area (TPSA) is 46.0 Å². The molecular weight excluding hydrogens is 196 g/mol. The van der Waals surface area contributed by atoms with Crippen LogP contribution in [0, 0.1) is 13.8 Å². The normalized spacial score (nSPS) is 9.90. The summed E-state index contributed by atoms with van der Waals surface area (Å²) < 4.78 is 0.514. The average Bonchev–Trinajstić information content (AvgIpc) is 1.82. The van der Waals surface area contributed by atoms with Gasteiger partial charge < -0.3 is 5.11 Å². The molecule has 0 amide bonds. The molecule has 0 aliphatic heterocycles. The largest absolute Gasteiger partial charge is 0.504 e. The molecule has 1 rings (SSSR count). The number of aryl methyl sites for hydroxylation is 2. The molecule has 0 aliphatic rings. The molecular formula is C6H7BrN2O. The summed E-state index contributed by atoms with van der Waals surface area (Å²) in [4.78, 5) is 7.78. The van der Waals surface area contributed by atoms with Crippen LogP contribution in [0.5, 0.6) is 5.75 Å². The summed E-state index contributed by atoms with van der Waals surface area (Å²) in [5.41, 5.74) is 1.19. The quantitative estimate of drug-likeness (QED) is 0.650.